The predicted molar refractivity (Wildman–Crippen MR) is 98.2 cm³/mol. The monoisotopic (exact) mass is 342 g/mol. The van der Waals surface area contributed by atoms with Gasteiger partial charge in [0, 0.05) is 0 Å². The van der Waals surface area contributed by atoms with Crippen LogP contribution in [0.5, 0.6) is 0 Å². The SMILES string of the molecule is CCCCCCC(CCCCC(CCCCCC)C(=O)O)C(=O)O. The van der Waals surface area contributed by atoms with Crippen LogP contribution < -0.4 is 0 Å². The highest BCUT2D eigenvalue weighted by atomic mass is 16.4. The van der Waals surface area contributed by atoms with E-state index in [4.69, 9.17) is 0 Å². The van der Waals surface area contributed by atoms with Gasteiger partial charge in [-0.25, -0.2) is 0 Å². The van der Waals surface area contributed by atoms with E-state index in [1.807, 2.05) is 0 Å². The molecule has 0 saturated heterocycles. The zero-order valence-corrected chi connectivity index (χ0v) is 15.8. The topological polar surface area (TPSA) is 74.6 Å². The van der Waals surface area contributed by atoms with Crippen molar-refractivity contribution in [3.63, 3.8) is 0 Å². The smallest absolute Gasteiger partial charge is 0.306 e. The van der Waals surface area contributed by atoms with E-state index >= 15 is 0 Å². The quantitative estimate of drug-likeness (QED) is 0.323. The summed E-state index contributed by atoms with van der Waals surface area (Å²) in [6.45, 7) is 4.30. The van der Waals surface area contributed by atoms with Crippen molar-refractivity contribution in [1.29, 1.82) is 0 Å². The Labute approximate surface area is 148 Å². The van der Waals surface area contributed by atoms with Crippen LogP contribution in [0, 0.1) is 11.8 Å². The molecule has 0 aliphatic heterocycles. The summed E-state index contributed by atoms with van der Waals surface area (Å²) in [7, 11) is 0. The van der Waals surface area contributed by atoms with Crippen LogP contribution in [0.1, 0.15) is 104 Å². The Bertz CT molecular complexity index is 296. The van der Waals surface area contributed by atoms with Crippen LogP contribution >= 0.6 is 0 Å². The average molecular weight is 343 g/mol. The minimum absolute atomic E-state index is 0.255. The second kappa shape index (κ2) is 15.5. The van der Waals surface area contributed by atoms with Crippen LogP contribution in [0.15, 0.2) is 0 Å². The molecule has 0 aliphatic rings. The highest BCUT2D eigenvalue weighted by Gasteiger charge is 2.19. The third-order valence-electron chi connectivity index (χ3n) is 4.87. The number of carboxylic acids is 2. The third kappa shape index (κ3) is 12.4. The zero-order valence-electron chi connectivity index (χ0n) is 15.8. The van der Waals surface area contributed by atoms with Gasteiger partial charge >= 0.3 is 11.9 Å². The lowest BCUT2D eigenvalue weighted by Gasteiger charge is -2.14. The van der Waals surface area contributed by atoms with Crippen LogP contribution in [-0.2, 0) is 9.59 Å². The fourth-order valence-corrected chi connectivity index (χ4v) is 3.20. The van der Waals surface area contributed by atoms with Crippen molar-refractivity contribution in [3.8, 4) is 0 Å². The molecule has 0 spiro atoms. The van der Waals surface area contributed by atoms with Crippen molar-refractivity contribution < 1.29 is 19.8 Å². The van der Waals surface area contributed by atoms with Crippen molar-refractivity contribution in [1.82, 2.24) is 0 Å². The van der Waals surface area contributed by atoms with Crippen LogP contribution in [-0.4, -0.2) is 22.2 Å². The average Bonchev–Trinajstić information content (AvgIpc) is 2.54. The molecule has 0 aliphatic carbocycles. The van der Waals surface area contributed by atoms with E-state index in [9.17, 15) is 19.8 Å². The molecule has 0 aromatic rings. The van der Waals surface area contributed by atoms with E-state index in [-0.39, 0.29) is 11.8 Å². The van der Waals surface area contributed by atoms with Gasteiger partial charge in [-0.1, -0.05) is 78.1 Å². The lowest BCUT2D eigenvalue weighted by Crippen LogP contribution is -2.15. The number of aliphatic carboxylic acids is 2. The Morgan fingerprint density at radius 2 is 0.875 bits per heavy atom. The maximum absolute atomic E-state index is 11.3. The van der Waals surface area contributed by atoms with Gasteiger partial charge in [0.25, 0.3) is 0 Å². The number of hydrogen-bond acceptors (Lipinski definition) is 2. The molecule has 0 saturated carbocycles. The molecule has 24 heavy (non-hydrogen) atoms. The highest BCUT2D eigenvalue weighted by molar-refractivity contribution is 5.70. The van der Waals surface area contributed by atoms with E-state index in [1.54, 1.807) is 0 Å². The Kier molecular flexibility index (Phi) is 14.8. The van der Waals surface area contributed by atoms with Crippen molar-refractivity contribution >= 4 is 11.9 Å². The minimum atomic E-state index is -0.694. The fourth-order valence-electron chi connectivity index (χ4n) is 3.20. The molecular weight excluding hydrogens is 304 g/mol. The molecule has 0 heterocycles. The number of carbonyl (C=O) groups is 2. The zero-order chi connectivity index (χ0) is 18.2. The molecule has 0 fully saturated rings. The number of carboxylic acid groups (broad SMARTS) is 2. The normalized spacial score (nSPS) is 13.6. The molecule has 142 valence electrons. The lowest BCUT2D eigenvalue weighted by atomic mass is 9.91. The number of hydrogen-bond donors (Lipinski definition) is 2. The van der Waals surface area contributed by atoms with Crippen LogP contribution in [0.3, 0.4) is 0 Å². The summed E-state index contributed by atoms with van der Waals surface area (Å²) >= 11 is 0. The molecule has 2 unspecified atom stereocenters. The van der Waals surface area contributed by atoms with E-state index < -0.39 is 11.9 Å². The Hall–Kier alpha value is -1.06. The second-order valence-corrected chi connectivity index (χ2v) is 7.05. The molecule has 0 radical (unpaired) electrons. The van der Waals surface area contributed by atoms with Crippen molar-refractivity contribution in [2.45, 2.75) is 104 Å². The Morgan fingerprint density at radius 1 is 0.583 bits per heavy atom. The van der Waals surface area contributed by atoms with Gasteiger partial charge in [0.05, 0.1) is 11.8 Å². The number of unbranched alkanes of at least 4 members (excludes halogenated alkanes) is 7. The molecule has 4 heteroatoms. The molecule has 2 N–H and O–H groups in total. The summed E-state index contributed by atoms with van der Waals surface area (Å²) in [5.74, 6) is -1.90. The van der Waals surface area contributed by atoms with E-state index in [0.29, 0.717) is 12.8 Å². The van der Waals surface area contributed by atoms with Gasteiger partial charge < -0.3 is 10.2 Å². The third-order valence-corrected chi connectivity index (χ3v) is 4.87. The van der Waals surface area contributed by atoms with Gasteiger partial charge in [-0.3, -0.25) is 9.59 Å². The van der Waals surface area contributed by atoms with Gasteiger partial charge in [-0.15, -0.1) is 0 Å². The molecule has 0 aromatic carbocycles. The summed E-state index contributed by atoms with van der Waals surface area (Å²) in [5.41, 5.74) is 0. The van der Waals surface area contributed by atoms with Gasteiger partial charge in [0.2, 0.25) is 0 Å². The van der Waals surface area contributed by atoms with Crippen LogP contribution in [0.4, 0.5) is 0 Å². The van der Waals surface area contributed by atoms with Crippen molar-refractivity contribution in [2.75, 3.05) is 0 Å². The highest BCUT2D eigenvalue weighted by Crippen LogP contribution is 2.22. The second-order valence-electron chi connectivity index (χ2n) is 7.05. The Balaban J connectivity index is 3.96. The van der Waals surface area contributed by atoms with E-state index in [0.717, 1.165) is 64.2 Å². The largest absolute Gasteiger partial charge is 0.481 e. The van der Waals surface area contributed by atoms with E-state index in [1.165, 1.54) is 12.8 Å². The lowest BCUT2D eigenvalue weighted by molar-refractivity contribution is -0.143. The summed E-state index contributed by atoms with van der Waals surface area (Å²) in [6.07, 6.45) is 13.4. The molecule has 0 rings (SSSR count). The first-order valence-corrected chi connectivity index (χ1v) is 9.98. The van der Waals surface area contributed by atoms with Crippen LogP contribution in [0.25, 0.3) is 0 Å². The Morgan fingerprint density at radius 3 is 1.12 bits per heavy atom. The van der Waals surface area contributed by atoms with Crippen molar-refractivity contribution in [3.05, 3.63) is 0 Å². The predicted octanol–water partition coefficient (Wildman–Crippen LogP) is 5.89. The van der Waals surface area contributed by atoms with Gasteiger partial charge in [0.15, 0.2) is 0 Å². The molecule has 0 aromatic heterocycles. The molecular formula is C20H38O4. The van der Waals surface area contributed by atoms with Gasteiger partial charge in [-0.2, -0.15) is 0 Å². The van der Waals surface area contributed by atoms with Crippen molar-refractivity contribution in [2.24, 2.45) is 11.8 Å². The summed E-state index contributed by atoms with van der Waals surface area (Å²) in [5, 5.41) is 18.6. The molecule has 0 amide bonds. The maximum Gasteiger partial charge on any atom is 0.306 e. The first kappa shape index (κ1) is 22.9. The first-order valence-electron chi connectivity index (χ1n) is 9.98. The molecule has 4 nitrogen and oxygen atoms in total. The minimum Gasteiger partial charge on any atom is -0.481 e. The van der Waals surface area contributed by atoms with Gasteiger partial charge in [0.1, 0.15) is 0 Å². The van der Waals surface area contributed by atoms with Gasteiger partial charge in [-0.05, 0) is 25.7 Å². The fraction of sp³-hybridized carbons (Fsp3) is 0.900. The first-order chi connectivity index (χ1) is 11.5. The van der Waals surface area contributed by atoms with Crippen LogP contribution in [0.2, 0.25) is 0 Å². The summed E-state index contributed by atoms with van der Waals surface area (Å²) < 4.78 is 0. The number of rotatable bonds is 17. The standard InChI is InChI=1S/C20H38O4/c1-3-5-7-9-13-17(19(21)22)15-11-12-16-18(20(23)24)14-10-8-6-4-2/h17-18H,3-16H2,1-2H3,(H,21,22)(H,23,24). The summed E-state index contributed by atoms with van der Waals surface area (Å²) in [4.78, 5) is 22.6. The molecule has 2 atom stereocenters. The molecule has 0 bridgehead atoms. The summed E-state index contributed by atoms with van der Waals surface area (Å²) in [6, 6.07) is 0. The van der Waals surface area contributed by atoms with E-state index in [2.05, 4.69) is 13.8 Å². The maximum atomic E-state index is 11.3.